The van der Waals surface area contributed by atoms with Crippen LogP contribution in [0.15, 0.2) is 42.9 Å². The van der Waals surface area contributed by atoms with Gasteiger partial charge in [0, 0.05) is 101 Å². The third-order valence-electron chi connectivity index (χ3n) is 18.2. The molecule has 1 aliphatic carbocycles. The lowest BCUT2D eigenvalue weighted by atomic mass is 9.63. The van der Waals surface area contributed by atoms with Gasteiger partial charge in [-0.05, 0) is 114 Å². The van der Waals surface area contributed by atoms with Gasteiger partial charge < -0.3 is 40.5 Å². The Morgan fingerprint density at radius 2 is 1.76 bits per heavy atom. The second-order valence-corrected chi connectivity index (χ2v) is 24.6. The molecule has 76 heavy (non-hydrogen) atoms. The van der Waals surface area contributed by atoms with E-state index in [1.165, 1.54) is 30.6 Å². The topological polar surface area (TPSA) is 195 Å². The highest BCUT2D eigenvalue weighted by Gasteiger charge is 2.57. The lowest BCUT2D eigenvalue weighted by molar-refractivity contribution is -0.209. The number of thiazole rings is 1. The fourth-order valence-electron chi connectivity index (χ4n) is 13.5. The number of aromatic amines is 1. The van der Waals surface area contributed by atoms with Gasteiger partial charge in [-0.15, -0.1) is 21.5 Å². The molecular formula is C56H74ClN15O3S. The largest absolute Gasteiger partial charge is 0.372 e. The minimum absolute atomic E-state index is 0.139. The second-order valence-electron chi connectivity index (χ2n) is 22.8. The Bertz CT molecular complexity index is 2910. The summed E-state index contributed by atoms with van der Waals surface area (Å²) in [5, 5.41) is 19.2. The fraction of sp³-hybridized carbons (Fsp3) is 0.625. The normalized spacial score (nSPS) is 26.7. The van der Waals surface area contributed by atoms with Gasteiger partial charge in [-0.3, -0.25) is 24.3 Å². The number of benzene rings is 1. The van der Waals surface area contributed by atoms with Crippen LogP contribution in [0, 0.1) is 24.2 Å². The van der Waals surface area contributed by atoms with Gasteiger partial charge in [0.2, 0.25) is 11.8 Å². The van der Waals surface area contributed by atoms with Crippen molar-refractivity contribution < 1.29 is 14.3 Å². The number of halogens is 1. The maximum atomic E-state index is 14.5. The second kappa shape index (κ2) is 22.0. The summed E-state index contributed by atoms with van der Waals surface area (Å²) in [6.07, 6.45) is 15.6. The average Bonchev–Trinajstić information content (AvgIpc) is 4.26. The van der Waals surface area contributed by atoms with Gasteiger partial charge in [-0.2, -0.15) is 0 Å². The molecule has 1 aromatic carbocycles. The van der Waals surface area contributed by atoms with Gasteiger partial charge in [-0.1, -0.05) is 36.1 Å². The monoisotopic (exact) mass is 1070 g/mol. The Kier molecular flexibility index (Phi) is 15.0. The van der Waals surface area contributed by atoms with Crippen LogP contribution in [-0.4, -0.2) is 168 Å². The van der Waals surface area contributed by atoms with Crippen molar-refractivity contribution in [3.63, 3.8) is 0 Å². The molecule has 3 atom stereocenters. The molecular weight excluding hydrogens is 998 g/mol. The lowest BCUT2D eigenvalue weighted by Gasteiger charge is -2.57. The molecule has 5 aromatic rings. The van der Waals surface area contributed by atoms with Crippen LogP contribution < -0.4 is 21.3 Å². The van der Waals surface area contributed by atoms with Crippen LogP contribution in [0.1, 0.15) is 122 Å². The molecule has 2 bridgehead atoms. The van der Waals surface area contributed by atoms with Crippen LogP contribution in [0.5, 0.6) is 0 Å². The standard InChI is InChI=1S/C56H74ClN15O3S/c1-39-43(63-48(76-39)36-71-25-6-8-45(71)51-66-65-47-9-3-2-4-26-72(47)51)7-5-24-68-30-23-59-46(35-68)56-18-16-54(17-19-56,37-75-56)53(74)70-33-31-67(32-34-70)27-15-44(40-10-12-41(57)13-11-40)64-52(73)55(58)20-28-69(29-21-55)50-42-14-22-60-49(42)61-38-62-50/h10-14,22,38,44-46,59H,2-4,6,8-9,15-21,23-37,58H2,1H3,(H,64,73)(H,60,61,62)/t44-,45?,46?,54?,56?/m0/s1. The summed E-state index contributed by atoms with van der Waals surface area (Å²) in [5.41, 5.74) is 7.87. The number of fused-ring (bicyclic) bond motifs is 5. The molecule has 0 spiro atoms. The number of ether oxygens (including phenoxy) is 1. The molecule has 404 valence electrons. The molecule has 0 radical (unpaired) electrons. The summed E-state index contributed by atoms with van der Waals surface area (Å²) in [7, 11) is 0. The van der Waals surface area contributed by atoms with Crippen molar-refractivity contribution >= 4 is 51.6 Å². The molecule has 1 saturated carbocycles. The molecule has 4 aromatic heterocycles. The number of H-pyrrole nitrogens is 1. The van der Waals surface area contributed by atoms with Crippen LogP contribution in [0.25, 0.3) is 11.0 Å². The molecule has 20 heteroatoms. The van der Waals surface area contributed by atoms with E-state index in [-0.39, 0.29) is 29.5 Å². The van der Waals surface area contributed by atoms with Crippen LogP contribution in [0.2, 0.25) is 5.02 Å². The van der Waals surface area contributed by atoms with E-state index < -0.39 is 11.0 Å². The third kappa shape index (κ3) is 10.5. The van der Waals surface area contributed by atoms with Crippen LogP contribution in [0.3, 0.4) is 0 Å². The molecule has 8 aliphatic rings. The smallest absolute Gasteiger partial charge is 0.240 e. The number of aromatic nitrogens is 7. The van der Waals surface area contributed by atoms with E-state index in [0.29, 0.717) is 69.7 Å². The van der Waals surface area contributed by atoms with E-state index in [1.54, 1.807) is 17.7 Å². The average molecular weight is 1070 g/mol. The number of nitrogens with zero attached hydrogens (tertiary/aromatic N) is 11. The van der Waals surface area contributed by atoms with Gasteiger partial charge in [0.05, 0.1) is 53.7 Å². The summed E-state index contributed by atoms with van der Waals surface area (Å²) in [6.45, 7) is 13.9. The first-order valence-corrected chi connectivity index (χ1v) is 29.3. The summed E-state index contributed by atoms with van der Waals surface area (Å²) in [5.74, 6) is 10.2. The highest BCUT2D eigenvalue weighted by Crippen LogP contribution is 2.51. The number of nitrogens with two attached hydrogens (primary N) is 1. The van der Waals surface area contributed by atoms with Gasteiger partial charge in [0.25, 0.3) is 0 Å². The van der Waals surface area contributed by atoms with Crippen molar-refractivity contribution in [3.05, 3.63) is 80.7 Å². The maximum absolute atomic E-state index is 14.5. The van der Waals surface area contributed by atoms with E-state index >= 15 is 0 Å². The molecule has 7 fully saturated rings. The number of piperidine rings is 1. The number of amides is 2. The number of hydrogen-bond acceptors (Lipinski definition) is 15. The highest BCUT2D eigenvalue weighted by atomic mass is 35.5. The van der Waals surface area contributed by atoms with E-state index in [2.05, 4.69) is 78.5 Å². The summed E-state index contributed by atoms with van der Waals surface area (Å²) >= 11 is 8.09. The molecule has 5 N–H and O–H groups in total. The van der Waals surface area contributed by atoms with Crippen LogP contribution >= 0.6 is 22.9 Å². The number of carbonyl (C=O) groups is 2. The molecule has 7 aliphatic heterocycles. The van der Waals surface area contributed by atoms with Crippen molar-refractivity contribution in [1.82, 2.24) is 64.9 Å². The maximum Gasteiger partial charge on any atom is 0.240 e. The molecule has 6 saturated heterocycles. The Labute approximate surface area is 455 Å². The Balaban J connectivity index is 0.601. The van der Waals surface area contributed by atoms with Gasteiger partial charge >= 0.3 is 0 Å². The minimum Gasteiger partial charge on any atom is -0.372 e. The molecule has 18 nitrogen and oxygen atoms in total. The Hall–Kier alpha value is -5.04. The van der Waals surface area contributed by atoms with Crippen LogP contribution in [-0.2, 0) is 33.8 Å². The Morgan fingerprint density at radius 1 is 0.934 bits per heavy atom. The highest BCUT2D eigenvalue weighted by molar-refractivity contribution is 7.11. The summed E-state index contributed by atoms with van der Waals surface area (Å²) in [4.78, 5) is 58.5. The molecule has 2 amide bonds. The first-order valence-electron chi connectivity index (χ1n) is 28.1. The number of aryl methyl sites for hydroxylation is 2. The van der Waals surface area contributed by atoms with E-state index in [9.17, 15) is 9.59 Å². The van der Waals surface area contributed by atoms with Gasteiger partial charge in [-0.25, -0.2) is 15.0 Å². The fourth-order valence-corrected chi connectivity index (χ4v) is 14.5. The lowest BCUT2D eigenvalue weighted by Crippen LogP contribution is -2.68. The number of rotatable bonds is 13. The van der Waals surface area contributed by atoms with E-state index in [0.717, 1.165) is 142 Å². The summed E-state index contributed by atoms with van der Waals surface area (Å²) in [6, 6.07) is 9.96. The molecule has 11 heterocycles. The number of nitrogens with one attached hydrogen (secondary N) is 3. The number of hydrogen-bond donors (Lipinski definition) is 4. The van der Waals surface area contributed by atoms with Crippen molar-refractivity contribution in [2.24, 2.45) is 11.1 Å². The zero-order valence-electron chi connectivity index (χ0n) is 44.1. The van der Waals surface area contributed by atoms with Crippen molar-refractivity contribution in [3.8, 4) is 11.8 Å². The van der Waals surface area contributed by atoms with Crippen molar-refractivity contribution in [2.45, 2.75) is 133 Å². The van der Waals surface area contributed by atoms with E-state index in [1.807, 2.05) is 36.5 Å². The zero-order chi connectivity index (χ0) is 51.9. The quantitative estimate of drug-likeness (QED) is 0.110. The van der Waals surface area contributed by atoms with Crippen molar-refractivity contribution in [1.29, 1.82) is 0 Å². The first-order chi connectivity index (χ1) is 37.0. The predicted octanol–water partition coefficient (Wildman–Crippen LogP) is 5.38. The number of piperazine rings is 2. The number of anilines is 1. The van der Waals surface area contributed by atoms with E-state index in [4.69, 9.17) is 32.2 Å². The minimum atomic E-state index is -1.01. The van der Waals surface area contributed by atoms with Crippen LogP contribution in [0.4, 0.5) is 5.82 Å². The number of likely N-dealkylation sites (tertiary alicyclic amines) is 1. The predicted molar refractivity (Wildman–Crippen MR) is 294 cm³/mol. The molecule has 13 rings (SSSR count). The Morgan fingerprint density at radius 3 is 2.57 bits per heavy atom. The van der Waals surface area contributed by atoms with Gasteiger partial charge in [0.1, 0.15) is 40.1 Å². The van der Waals surface area contributed by atoms with Crippen molar-refractivity contribution in [2.75, 3.05) is 90.0 Å². The zero-order valence-corrected chi connectivity index (χ0v) is 45.7. The van der Waals surface area contributed by atoms with Gasteiger partial charge in [0.15, 0.2) is 0 Å². The third-order valence-corrected chi connectivity index (χ3v) is 19.4. The summed E-state index contributed by atoms with van der Waals surface area (Å²) < 4.78 is 9.28. The molecule has 2 unspecified atom stereocenters. The number of carbonyl (C=O) groups excluding carboxylic acids is 2. The first kappa shape index (κ1) is 51.7. The SMILES string of the molecule is Cc1sc(CN2CCCC2c2nnc3n2CCCCC3)nc1C#CCN1CCNC(C23CCC(C(=O)N4CCN(CC[C@H](NC(=O)C5(N)CCN(c6ncnc7[nH]ccc67)CC5)c5ccc(Cl)cc5)CC4)(CC2)CO3)C1.